The zero-order valence-corrected chi connectivity index (χ0v) is 20.4. The molecule has 2 aliphatic rings. The molecule has 7 nitrogen and oxygen atoms in total. The van der Waals surface area contributed by atoms with Crippen LogP contribution in [-0.4, -0.2) is 48.9 Å². The first-order chi connectivity index (χ1) is 17.3. The molecule has 1 aromatic carbocycles. The number of nitrogens with one attached hydrogen (secondary N) is 1. The number of fused-ring (bicyclic) bond motifs is 1. The standard InChI is InChI=1S/C25H20Cl2F2N6O/c1-2-18(36)34-11-25(12-34)7-14(8-25)35-23(24(28)29)20(22(33-35)13-4-3-5-30-9-13)19-15-10-31-32-17(15)6-16(26)21(19)27/h2-6,9-10,14,24H,1,7-8,11-12H2,(H,31,32). The molecule has 0 unspecified atom stereocenters. The number of benzene rings is 1. The van der Waals surface area contributed by atoms with Crippen LogP contribution in [0.1, 0.15) is 31.0 Å². The molecule has 1 aliphatic heterocycles. The minimum Gasteiger partial charge on any atom is -0.338 e. The average molecular weight is 529 g/mol. The fourth-order valence-electron chi connectivity index (χ4n) is 5.58. The molecule has 0 atom stereocenters. The Morgan fingerprint density at radius 2 is 2.03 bits per heavy atom. The maximum atomic E-state index is 14.8. The Morgan fingerprint density at radius 1 is 1.25 bits per heavy atom. The van der Waals surface area contributed by atoms with Crippen molar-refractivity contribution in [2.75, 3.05) is 13.1 Å². The highest BCUT2D eigenvalue weighted by atomic mass is 35.5. The van der Waals surface area contributed by atoms with Crippen LogP contribution in [0.2, 0.25) is 10.0 Å². The van der Waals surface area contributed by atoms with Gasteiger partial charge in [0.15, 0.2) is 0 Å². The van der Waals surface area contributed by atoms with Crippen LogP contribution in [0, 0.1) is 5.41 Å². The summed E-state index contributed by atoms with van der Waals surface area (Å²) in [4.78, 5) is 17.8. The van der Waals surface area contributed by atoms with Gasteiger partial charge in [0.1, 0.15) is 11.4 Å². The minimum atomic E-state index is -2.83. The van der Waals surface area contributed by atoms with Gasteiger partial charge in [0, 0.05) is 53.0 Å². The molecule has 1 saturated carbocycles. The van der Waals surface area contributed by atoms with Crippen LogP contribution in [0.4, 0.5) is 8.78 Å². The average Bonchev–Trinajstić information content (AvgIpc) is 3.43. The maximum absolute atomic E-state index is 14.8. The highest BCUT2D eigenvalue weighted by molar-refractivity contribution is 6.45. The van der Waals surface area contributed by atoms with E-state index in [2.05, 4.69) is 21.8 Å². The van der Waals surface area contributed by atoms with Gasteiger partial charge in [0.05, 0.1) is 27.8 Å². The number of alkyl halides is 2. The molecular formula is C25H20Cl2F2N6O. The summed E-state index contributed by atoms with van der Waals surface area (Å²) in [5.74, 6) is -0.114. The van der Waals surface area contributed by atoms with Crippen molar-refractivity contribution in [2.24, 2.45) is 5.41 Å². The molecule has 1 aliphatic carbocycles. The smallest absolute Gasteiger partial charge is 0.280 e. The molecule has 0 radical (unpaired) electrons. The number of hydrogen-bond acceptors (Lipinski definition) is 4. The molecule has 0 bridgehead atoms. The fourth-order valence-corrected chi connectivity index (χ4v) is 6.04. The third-order valence-corrected chi connectivity index (χ3v) is 7.99. The van der Waals surface area contributed by atoms with E-state index in [4.69, 9.17) is 28.3 Å². The van der Waals surface area contributed by atoms with Crippen LogP contribution in [0.3, 0.4) is 0 Å². The Hall–Kier alpha value is -3.30. The highest BCUT2D eigenvalue weighted by Crippen LogP contribution is 2.56. The number of pyridine rings is 1. The lowest BCUT2D eigenvalue weighted by molar-refractivity contribution is -0.149. The molecule has 3 aromatic heterocycles. The molecule has 36 heavy (non-hydrogen) atoms. The number of nitrogens with zero attached hydrogens (tertiary/aromatic N) is 5. The van der Waals surface area contributed by atoms with Crippen molar-refractivity contribution in [1.82, 2.24) is 29.9 Å². The van der Waals surface area contributed by atoms with E-state index in [1.165, 1.54) is 10.8 Å². The Morgan fingerprint density at radius 3 is 2.69 bits per heavy atom. The van der Waals surface area contributed by atoms with Gasteiger partial charge in [-0.25, -0.2) is 8.78 Å². The number of aromatic nitrogens is 5. The zero-order valence-electron chi connectivity index (χ0n) is 18.9. The summed E-state index contributed by atoms with van der Waals surface area (Å²) in [6.45, 7) is 4.72. The van der Waals surface area contributed by atoms with E-state index >= 15 is 0 Å². The Balaban J connectivity index is 1.50. The van der Waals surface area contributed by atoms with Gasteiger partial charge in [-0.2, -0.15) is 10.2 Å². The molecule has 1 spiro atoms. The van der Waals surface area contributed by atoms with Gasteiger partial charge >= 0.3 is 0 Å². The normalized spacial score (nSPS) is 17.0. The first-order valence-corrected chi connectivity index (χ1v) is 12.1. The Kier molecular flexibility index (Phi) is 5.38. The third kappa shape index (κ3) is 3.44. The Labute approximate surface area is 214 Å². The van der Waals surface area contributed by atoms with Gasteiger partial charge in [0.25, 0.3) is 6.43 Å². The largest absolute Gasteiger partial charge is 0.338 e. The second-order valence-corrected chi connectivity index (χ2v) is 10.2. The number of amides is 1. The van der Waals surface area contributed by atoms with Crippen molar-refractivity contribution in [3.63, 3.8) is 0 Å². The molecule has 1 saturated heterocycles. The van der Waals surface area contributed by atoms with E-state index in [1.54, 1.807) is 41.7 Å². The van der Waals surface area contributed by atoms with Crippen LogP contribution >= 0.6 is 23.2 Å². The molecule has 4 aromatic rings. The number of H-pyrrole nitrogens is 1. The van der Waals surface area contributed by atoms with Crippen LogP contribution in [0.5, 0.6) is 0 Å². The molecule has 1 amide bonds. The number of rotatable bonds is 5. The van der Waals surface area contributed by atoms with E-state index in [0.29, 0.717) is 53.7 Å². The molecule has 1 N–H and O–H groups in total. The highest BCUT2D eigenvalue weighted by Gasteiger charge is 2.55. The second kappa shape index (κ2) is 8.38. The van der Waals surface area contributed by atoms with Crippen LogP contribution in [-0.2, 0) is 4.79 Å². The van der Waals surface area contributed by atoms with Gasteiger partial charge in [0.2, 0.25) is 5.91 Å². The predicted molar refractivity (Wildman–Crippen MR) is 133 cm³/mol. The summed E-state index contributed by atoms with van der Waals surface area (Å²) in [6.07, 6.45) is 4.50. The van der Waals surface area contributed by atoms with E-state index in [-0.39, 0.29) is 38.7 Å². The van der Waals surface area contributed by atoms with Crippen LogP contribution < -0.4 is 0 Å². The lowest BCUT2D eigenvalue weighted by Crippen LogP contribution is -2.63. The topological polar surface area (TPSA) is 79.7 Å². The second-order valence-electron chi connectivity index (χ2n) is 9.43. The fraction of sp³-hybridized carbons (Fsp3) is 0.280. The van der Waals surface area contributed by atoms with Crippen molar-refractivity contribution in [1.29, 1.82) is 0 Å². The minimum absolute atomic E-state index is 0.0746. The summed E-state index contributed by atoms with van der Waals surface area (Å²) in [5.41, 5.74) is 1.79. The number of carbonyl (C=O) groups excluding carboxylic acids is 1. The molecule has 6 rings (SSSR count). The van der Waals surface area contributed by atoms with Gasteiger partial charge in [-0.3, -0.25) is 19.6 Å². The monoisotopic (exact) mass is 528 g/mol. The molecule has 4 heterocycles. The van der Waals surface area contributed by atoms with Gasteiger partial charge < -0.3 is 4.90 Å². The predicted octanol–water partition coefficient (Wildman–Crippen LogP) is 6.08. The quantitative estimate of drug-likeness (QED) is 0.318. The van der Waals surface area contributed by atoms with E-state index in [1.807, 2.05) is 0 Å². The molecule has 2 fully saturated rings. The third-order valence-electron chi connectivity index (χ3n) is 7.20. The van der Waals surface area contributed by atoms with Crippen LogP contribution in [0.15, 0.2) is 49.4 Å². The number of likely N-dealkylation sites (tertiary alicyclic amines) is 1. The first kappa shape index (κ1) is 23.1. The van der Waals surface area contributed by atoms with Crippen molar-refractivity contribution >= 4 is 40.0 Å². The lowest BCUT2D eigenvalue weighted by atomic mass is 9.60. The van der Waals surface area contributed by atoms with Gasteiger partial charge in [-0.05, 0) is 37.1 Å². The number of aromatic amines is 1. The van der Waals surface area contributed by atoms with Crippen molar-refractivity contribution in [2.45, 2.75) is 25.3 Å². The summed E-state index contributed by atoms with van der Waals surface area (Å²) >= 11 is 13.1. The summed E-state index contributed by atoms with van der Waals surface area (Å²) < 4.78 is 31.1. The lowest BCUT2D eigenvalue weighted by Gasteiger charge is -2.58. The zero-order chi connectivity index (χ0) is 25.2. The van der Waals surface area contributed by atoms with Gasteiger partial charge in [-0.1, -0.05) is 29.8 Å². The summed E-state index contributed by atoms with van der Waals surface area (Å²) in [7, 11) is 0. The van der Waals surface area contributed by atoms with E-state index < -0.39 is 6.43 Å². The van der Waals surface area contributed by atoms with Crippen molar-refractivity contribution in [3.05, 3.63) is 65.2 Å². The number of carbonyl (C=O) groups is 1. The molecule has 184 valence electrons. The van der Waals surface area contributed by atoms with E-state index in [9.17, 15) is 13.6 Å². The van der Waals surface area contributed by atoms with Gasteiger partial charge in [-0.15, -0.1) is 0 Å². The summed E-state index contributed by atoms with van der Waals surface area (Å²) in [5, 5.41) is 12.6. The Bertz CT molecular complexity index is 1500. The SMILES string of the molecule is C=CC(=O)N1CC2(CC(n3nc(-c4cccnc4)c(-c4c(Cl)c(Cl)cc5[nH]ncc45)c3C(F)F)C2)C1. The molecular weight excluding hydrogens is 509 g/mol. The van der Waals surface area contributed by atoms with E-state index in [0.717, 1.165) is 0 Å². The number of hydrogen-bond donors (Lipinski definition) is 1. The maximum Gasteiger partial charge on any atom is 0.280 e. The molecule has 11 heteroatoms. The number of halogens is 4. The van der Waals surface area contributed by atoms with Crippen molar-refractivity contribution < 1.29 is 13.6 Å². The summed E-state index contributed by atoms with van der Waals surface area (Å²) in [6, 6.07) is 4.88. The first-order valence-electron chi connectivity index (χ1n) is 11.4. The van der Waals surface area contributed by atoms with Crippen LogP contribution in [0.25, 0.3) is 33.3 Å². The van der Waals surface area contributed by atoms with Crippen molar-refractivity contribution in [3.8, 4) is 22.4 Å².